The van der Waals surface area contributed by atoms with Crippen LogP contribution in [-0.4, -0.2) is 35.1 Å². The lowest BCUT2D eigenvalue weighted by molar-refractivity contribution is -0.118. The van der Waals surface area contributed by atoms with Crippen LogP contribution in [0.15, 0.2) is 45.5 Å². The third-order valence-corrected chi connectivity index (χ3v) is 7.48. The summed E-state index contributed by atoms with van der Waals surface area (Å²) in [4.78, 5) is 36.5. The highest BCUT2D eigenvalue weighted by atomic mass is 32.2. The lowest BCUT2D eigenvalue weighted by Crippen LogP contribution is -2.37. The lowest BCUT2D eigenvalue weighted by Gasteiger charge is -2.38. The van der Waals surface area contributed by atoms with Crippen molar-refractivity contribution in [1.29, 1.82) is 0 Å². The van der Waals surface area contributed by atoms with E-state index in [0.29, 0.717) is 33.8 Å². The summed E-state index contributed by atoms with van der Waals surface area (Å²) in [6.45, 7) is 8.46. The number of rotatable bonds is 5. The molecule has 2 heterocycles. The molecule has 32 heavy (non-hydrogen) atoms. The van der Waals surface area contributed by atoms with Crippen molar-refractivity contribution < 1.29 is 4.79 Å². The fraction of sp³-hybridized carbons (Fsp3) is 0.480. The number of ketones is 1. The summed E-state index contributed by atoms with van der Waals surface area (Å²) in [6.07, 6.45) is 2.21. The third-order valence-electron chi connectivity index (χ3n) is 6.33. The standard InChI is InChI=1S/C25H32N4O2S/c1-7-14(2)32-24-27-22-21(23(31)28-24)19(15-8-10-16(11-9-15)29(5)6)20-17(26-22)12-25(3,4)13-18(20)30/h8-11,14,19H,7,12-13H2,1-6H3,(H2,26,27,28,31). The molecular weight excluding hydrogens is 420 g/mol. The SMILES string of the molecule is CCC(C)Sc1nc2c(c(=O)[nH]1)C(c1ccc(N(C)C)cc1)C1=C(CC(C)(C)CC1=O)N2. The molecule has 0 amide bonds. The highest BCUT2D eigenvalue weighted by Crippen LogP contribution is 2.47. The second-order valence-corrected chi connectivity index (χ2v) is 11.3. The normalized spacial score (nSPS) is 20.3. The summed E-state index contributed by atoms with van der Waals surface area (Å²) < 4.78 is 0. The molecule has 0 radical (unpaired) electrons. The van der Waals surface area contributed by atoms with Gasteiger partial charge in [-0.3, -0.25) is 9.59 Å². The number of fused-ring (bicyclic) bond motifs is 1. The molecule has 170 valence electrons. The van der Waals surface area contributed by atoms with Crippen molar-refractivity contribution >= 4 is 29.1 Å². The Balaban J connectivity index is 1.88. The molecule has 0 bridgehead atoms. The van der Waals surface area contributed by atoms with Gasteiger partial charge in [-0.25, -0.2) is 4.98 Å². The van der Waals surface area contributed by atoms with Gasteiger partial charge in [0.25, 0.3) is 5.56 Å². The molecule has 2 aromatic rings. The van der Waals surface area contributed by atoms with Crippen molar-refractivity contribution in [3.05, 3.63) is 57.0 Å². The van der Waals surface area contributed by atoms with Gasteiger partial charge in [0, 0.05) is 48.6 Å². The summed E-state index contributed by atoms with van der Waals surface area (Å²) in [6, 6.07) is 8.11. The van der Waals surface area contributed by atoms with Gasteiger partial charge in [0.1, 0.15) is 5.82 Å². The van der Waals surface area contributed by atoms with Crippen molar-refractivity contribution in [2.75, 3.05) is 24.3 Å². The number of hydrogen-bond acceptors (Lipinski definition) is 6. The number of carbonyl (C=O) groups is 1. The number of nitrogens with zero attached hydrogens (tertiary/aromatic N) is 2. The number of Topliss-reactive ketones (excluding diaryl/α,β-unsaturated/α-hetero) is 1. The number of H-pyrrole nitrogens is 1. The average Bonchev–Trinajstić information content (AvgIpc) is 2.71. The van der Waals surface area contributed by atoms with E-state index >= 15 is 0 Å². The van der Waals surface area contributed by atoms with E-state index in [2.05, 4.69) is 38.0 Å². The first-order valence-electron chi connectivity index (χ1n) is 11.2. The van der Waals surface area contributed by atoms with E-state index < -0.39 is 5.92 Å². The Kier molecular flexibility index (Phi) is 5.96. The Morgan fingerprint density at radius 1 is 1.19 bits per heavy atom. The topological polar surface area (TPSA) is 78.1 Å². The molecular formula is C25H32N4O2S. The van der Waals surface area contributed by atoms with Crippen LogP contribution in [0.1, 0.15) is 64.0 Å². The van der Waals surface area contributed by atoms with E-state index in [1.165, 1.54) is 0 Å². The zero-order valence-electron chi connectivity index (χ0n) is 19.7. The van der Waals surface area contributed by atoms with Crippen LogP contribution in [0.4, 0.5) is 11.5 Å². The van der Waals surface area contributed by atoms with Gasteiger partial charge in [-0.2, -0.15) is 0 Å². The van der Waals surface area contributed by atoms with E-state index in [0.717, 1.165) is 29.8 Å². The zero-order valence-corrected chi connectivity index (χ0v) is 20.5. The number of anilines is 2. The average molecular weight is 453 g/mol. The Bertz CT molecular complexity index is 1130. The molecule has 0 saturated carbocycles. The molecule has 7 heteroatoms. The van der Waals surface area contributed by atoms with E-state index in [1.807, 2.05) is 43.3 Å². The van der Waals surface area contributed by atoms with E-state index in [4.69, 9.17) is 4.98 Å². The molecule has 2 aliphatic rings. The highest BCUT2D eigenvalue weighted by Gasteiger charge is 2.42. The third kappa shape index (κ3) is 4.22. The van der Waals surface area contributed by atoms with Gasteiger partial charge in [0.15, 0.2) is 10.9 Å². The van der Waals surface area contributed by atoms with Gasteiger partial charge in [0.05, 0.1) is 5.56 Å². The fourth-order valence-corrected chi connectivity index (χ4v) is 5.36. The number of aromatic amines is 1. The van der Waals surface area contributed by atoms with Crippen LogP contribution in [0.2, 0.25) is 0 Å². The summed E-state index contributed by atoms with van der Waals surface area (Å²) in [7, 11) is 3.99. The molecule has 4 rings (SSSR count). The summed E-state index contributed by atoms with van der Waals surface area (Å²) >= 11 is 1.57. The first-order chi connectivity index (χ1) is 15.1. The first kappa shape index (κ1) is 22.6. The zero-order chi connectivity index (χ0) is 23.2. The lowest BCUT2D eigenvalue weighted by atomic mass is 9.69. The number of hydrogen-bond donors (Lipinski definition) is 2. The molecule has 1 aliphatic heterocycles. The molecule has 2 atom stereocenters. The Hall–Kier alpha value is -2.54. The Labute approximate surface area is 193 Å². The van der Waals surface area contributed by atoms with E-state index in [1.54, 1.807) is 11.8 Å². The maximum atomic E-state index is 13.3. The van der Waals surface area contributed by atoms with Gasteiger partial charge < -0.3 is 15.2 Å². The van der Waals surface area contributed by atoms with Crippen molar-refractivity contribution in [2.24, 2.45) is 5.41 Å². The minimum absolute atomic E-state index is 0.105. The molecule has 0 fully saturated rings. The van der Waals surface area contributed by atoms with Gasteiger partial charge in [-0.05, 0) is 36.0 Å². The quantitative estimate of drug-likeness (QED) is 0.495. The smallest absolute Gasteiger partial charge is 0.257 e. The van der Waals surface area contributed by atoms with Crippen LogP contribution < -0.4 is 15.8 Å². The number of carbonyl (C=O) groups excluding carboxylic acids is 1. The predicted molar refractivity (Wildman–Crippen MR) is 132 cm³/mol. The Morgan fingerprint density at radius 2 is 1.88 bits per heavy atom. The summed E-state index contributed by atoms with van der Waals surface area (Å²) in [5.41, 5.74) is 3.84. The summed E-state index contributed by atoms with van der Waals surface area (Å²) in [5, 5.41) is 4.35. The van der Waals surface area contributed by atoms with Crippen molar-refractivity contribution in [2.45, 2.75) is 63.3 Å². The van der Waals surface area contributed by atoms with Crippen LogP contribution >= 0.6 is 11.8 Å². The van der Waals surface area contributed by atoms with Gasteiger partial charge in [0.2, 0.25) is 0 Å². The van der Waals surface area contributed by atoms with Crippen LogP contribution in [0, 0.1) is 5.41 Å². The maximum absolute atomic E-state index is 13.3. The van der Waals surface area contributed by atoms with Crippen molar-refractivity contribution in [3.8, 4) is 0 Å². The van der Waals surface area contributed by atoms with E-state index in [9.17, 15) is 9.59 Å². The first-order valence-corrected chi connectivity index (χ1v) is 12.1. The number of thioether (sulfide) groups is 1. The molecule has 1 aromatic heterocycles. The second-order valence-electron chi connectivity index (χ2n) is 9.85. The van der Waals surface area contributed by atoms with Crippen LogP contribution in [0.25, 0.3) is 0 Å². The van der Waals surface area contributed by atoms with E-state index in [-0.39, 0.29) is 16.8 Å². The largest absolute Gasteiger partial charge is 0.378 e. The molecule has 0 saturated heterocycles. The molecule has 2 unspecified atom stereocenters. The van der Waals surface area contributed by atoms with Gasteiger partial charge in [-0.15, -0.1) is 0 Å². The molecule has 1 aromatic carbocycles. The monoisotopic (exact) mass is 452 g/mol. The van der Waals surface area contributed by atoms with Crippen LogP contribution in [0.3, 0.4) is 0 Å². The Morgan fingerprint density at radius 3 is 2.50 bits per heavy atom. The van der Waals surface area contributed by atoms with Crippen molar-refractivity contribution in [3.63, 3.8) is 0 Å². The maximum Gasteiger partial charge on any atom is 0.257 e. The number of allylic oxidation sites excluding steroid dienone is 2. The summed E-state index contributed by atoms with van der Waals surface area (Å²) in [5.74, 6) is 0.263. The minimum Gasteiger partial charge on any atom is -0.378 e. The molecule has 6 nitrogen and oxygen atoms in total. The fourth-order valence-electron chi connectivity index (χ4n) is 4.52. The van der Waals surface area contributed by atoms with Crippen LogP contribution in [0.5, 0.6) is 0 Å². The van der Waals surface area contributed by atoms with Gasteiger partial charge in [-0.1, -0.05) is 51.6 Å². The number of benzene rings is 1. The molecule has 1 aliphatic carbocycles. The number of nitrogens with one attached hydrogen (secondary N) is 2. The predicted octanol–water partition coefficient (Wildman–Crippen LogP) is 4.93. The van der Waals surface area contributed by atoms with Crippen LogP contribution in [-0.2, 0) is 4.79 Å². The highest BCUT2D eigenvalue weighted by molar-refractivity contribution is 7.99. The minimum atomic E-state index is -0.417. The van der Waals surface area contributed by atoms with Gasteiger partial charge >= 0.3 is 0 Å². The molecule has 0 spiro atoms. The molecule has 2 N–H and O–H groups in total. The number of aromatic nitrogens is 2. The van der Waals surface area contributed by atoms with Crippen molar-refractivity contribution in [1.82, 2.24) is 9.97 Å². The second kappa shape index (κ2) is 8.43.